The maximum absolute atomic E-state index is 10.1. The molecule has 1 unspecified atom stereocenters. The molecule has 0 bridgehead atoms. The average Bonchev–Trinajstić information content (AvgIpc) is 3.98. The van der Waals surface area contributed by atoms with Gasteiger partial charge >= 0.3 is 0 Å². The van der Waals surface area contributed by atoms with Crippen molar-refractivity contribution < 1.29 is 4.74 Å². The summed E-state index contributed by atoms with van der Waals surface area (Å²) in [4.78, 5) is 7.83. The van der Waals surface area contributed by atoms with Crippen molar-refractivity contribution in [2.45, 2.75) is 115 Å². The van der Waals surface area contributed by atoms with Crippen molar-refractivity contribution in [1.29, 1.82) is 15.8 Å². The van der Waals surface area contributed by atoms with Crippen molar-refractivity contribution in [1.82, 2.24) is 4.90 Å². The fourth-order valence-corrected chi connectivity index (χ4v) is 14.3. The van der Waals surface area contributed by atoms with Crippen LogP contribution in [0.3, 0.4) is 0 Å². The third-order valence-corrected chi connectivity index (χ3v) is 16.4. The van der Waals surface area contributed by atoms with E-state index in [4.69, 9.17) is 4.74 Å². The summed E-state index contributed by atoms with van der Waals surface area (Å²) in [5.74, 6) is 0.507. The minimum absolute atomic E-state index is 0.000511. The third-order valence-electron chi connectivity index (χ3n) is 11.3. The number of nitriles is 3. The molecule has 0 saturated heterocycles. The van der Waals surface area contributed by atoms with Crippen molar-refractivity contribution in [3.05, 3.63) is 85.5 Å². The van der Waals surface area contributed by atoms with Crippen LogP contribution in [0.2, 0.25) is 0 Å². The Bertz CT molecular complexity index is 2350. The molecule has 1 aliphatic heterocycles. The van der Waals surface area contributed by atoms with Crippen LogP contribution in [0.4, 0.5) is 0 Å². The number of fused-ring (bicyclic) bond motifs is 7. The molecule has 3 aliphatic rings. The summed E-state index contributed by atoms with van der Waals surface area (Å²) in [6, 6.07) is 10.9. The van der Waals surface area contributed by atoms with Crippen LogP contribution in [0.5, 0.6) is 0 Å². The Morgan fingerprint density at radius 3 is 2.04 bits per heavy atom. The Morgan fingerprint density at radius 1 is 0.852 bits per heavy atom. The molecular weight excluding hydrogens is 741 g/mol. The van der Waals surface area contributed by atoms with Gasteiger partial charge in [-0.2, -0.15) is 15.8 Å². The number of hydrogen-bond acceptors (Lipinski definition) is 9. The second kappa shape index (κ2) is 15.7. The number of thiophene rings is 4. The number of nitrogens with zero attached hydrogens (tertiary/aromatic N) is 4. The molecule has 5 heterocycles. The summed E-state index contributed by atoms with van der Waals surface area (Å²) in [5.41, 5.74) is 4.43. The highest BCUT2D eigenvalue weighted by Gasteiger charge is 2.48. The summed E-state index contributed by atoms with van der Waals surface area (Å²) in [7, 11) is 4.24. The molecule has 0 saturated carbocycles. The largest absolute Gasteiger partial charge is 0.480 e. The minimum Gasteiger partial charge on any atom is -0.480 e. The monoisotopic (exact) mass is 788 g/mol. The highest BCUT2D eigenvalue weighted by atomic mass is 32.1. The first-order valence-corrected chi connectivity index (χ1v) is 22.6. The number of likely N-dealkylation sites (N-methyl/N-ethyl adjacent to an activating group) is 1. The Morgan fingerprint density at radius 2 is 1.48 bits per heavy atom. The highest BCUT2D eigenvalue weighted by Crippen LogP contribution is 2.65. The lowest BCUT2D eigenvalue weighted by Gasteiger charge is -2.32. The van der Waals surface area contributed by atoms with Crippen LogP contribution < -0.4 is 0 Å². The molecule has 2 aliphatic carbocycles. The first-order valence-electron chi connectivity index (χ1n) is 19.4. The van der Waals surface area contributed by atoms with Gasteiger partial charge in [-0.3, -0.25) is 0 Å². The lowest BCUT2D eigenvalue weighted by atomic mass is 9.71. The molecule has 1 atom stereocenters. The third kappa shape index (κ3) is 6.71. The lowest BCUT2D eigenvalue weighted by molar-refractivity contribution is 0.0954. The van der Waals surface area contributed by atoms with E-state index in [0.29, 0.717) is 11.5 Å². The van der Waals surface area contributed by atoms with Crippen molar-refractivity contribution in [2.24, 2.45) is 0 Å². The molecule has 0 amide bonds. The maximum atomic E-state index is 10.1. The molecule has 0 fully saturated rings. The van der Waals surface area contributed by atoms with Gasteiger partial charge < -0.3 is 9.64 Å². The predicted octanol–water partition coefficient (Wildman–Crippen LogP) is 13.9. The molecule has 278 valence electrons. The Labute approximate surface area is 336 Å². The van der Waals surface area contributed by atoms with Gasteiger partial charge in [0.15, 0.2) is 11.3 Å². The summed E-state index contributed by atoms with van der Waals surface area (Å²) >= 11 is 7.92. The number of ether oxygens (including phenoxy) is 1. The second-order valence-electron chi connectivity index (χ2n) is 15.5. The molecular formula is C45H48N4OS4. The standard InChI is InChI=1S/C45H48N4OS4/c1-7-9-11-13-21-45(22-14-12-10-8-2)37-40-35(23-31(51-40)19-20-33-32(27-48)39(29(25-46)26-47)50-44(33,3)4)53-42(37)43-38(45)41-36(54-43)24-34(52-41)28-15-17-30(18-16-28)49(5)6/h15,17-20,23-24,28H,7-14,16,21-22H2,1-6H3/b20-19+. The summed E-state index contributed by atoms with van der Waals surface area (Å²) in [6.07, 6.45) is 24.6. The fourth-order valence-electron chi connectivity index (χ4n) is 8.52. The number of rotatable bonds is 14. The van der Waals surface area contributed by atoms with E-state index >= 15 is 0 Å². The van der Waals surface area contributed by atoms with Gasteiger partial charge in [0.05, 0.1) is 19.2 Å². The van der Waals surface area contributed by atoms with E-state index in [1.807, 2.05) is 66.1 Å². The SMILES string of the molecule is CCCCCCC1(CCCCCC)c2c(sc3cc(/C=C/C4=C(C#N)C(=C(C#N)C#N)OC4(C)C)sc23)-c2sc3cc(C4C=CC(N(C)C)=CC4)sc3c21. The second-order valence-corrected chi connectivity index (χ2v) is 19.8. The molecule has 5 nitrogen and oxygen atoms in total. The van der Waals surface area contributed by atoms with Crippen LogP contribution >= 0.6 is 45.3 Å². The molecule has 0 N–H and O–H groups in total. The zero-order valence-corrected chi connectivity index (χ0v) is 35.5. The van der Waals surface area contributed by atoms with E-state index in [0.717, 1.165) is 11.3 Å². The normalized spacial score (nSPS) is 18.2. The van der Waals surface area contributed by atoms with Crippen LogP contribution in [0.25, 0.3) is 34.6 Å². The molecule has 0 radical (unpaired) electrons. The van der Waals surface area contributed by atoms with Gasteiger partial charge in [0.2, 0.25) is 0 Å². The first-order chi connectivity index (χ1) is 26.1. The molecule has 4 aromatic heterocycles. The zero-order valence-electron chi connectivity index (χ0n) is 32.2. The number of allylic oxidation sites excluding steroid dienone is 5. The van der Waals surface area contributed by atoms with Crippen LogP contribution in [-0.2, 0) is 10.2 Å². The van der Waals surface area contributed by atoms with Crippen molar-refractivity contribution in [3.63, 3.8) is 0 Å². The van der Waals surface area contributed by atoms with Gasteiger partial charge in [-0.25, -0.2) is 0 Å². The van der Waals surface area contributed by atoms with Crippen LogP contribution in [0.1, 0.15) is 125 Å². The number of hydrogen-bond donors (Lipinski definition) is 0. The van der Waals surface area contributed by atoms with Gasteiger partial charge in [-0.05, 0) is 57.4 Å². The smallest absolute Gasteiger partial charge is 0.172 e. The maximum Gasteiger partial charge on any atom is 0.172 e. The van der Waals surface area contributed by atoms with E-state index in [2.05, 4.69) is 86.7 Å². The van der Waals surface area contributed by atoms with E-state index in [1.54, 1.807) is 11.1 Å². The van der Waals surface area contributed by atoms with Crippen LogP contribution in [0.15, 0.2) is 64.6 Å². The van der Waals surface area contributed by atoms with Crippen LogP contribution in [0, 0.1) is 34.0 Å². The molecule has 0 spiro atoms. The van der Waals surface area contributed by atoms with Crippen molar-refractivity contribution >= 4 is 70.2 Å². The van der Waals surface area contributed by atoms with Gasteiger partial charge in [0.25, 0.3) is 0 Å². The minimum atomic E-state index is -0.838. The van der Waals surface area contributed by atoms with E-state index in [-0.39, 0.29) is 22.3 Å². The molecule has 0 aromatic carbocycles. The van der Waals surface area contributed by atoms with E-state index in [1.165, 1.54) is 103 Å². The Hall–Kier alpha value is -3.91. The summed E-state index contributed by atoms with van der Waals surface area (Å²) < 4.78 is 11.8. The molecule has 7 rings (SSSR count). The van der Waals surface area contributed by atoms with Crippen molar-refractivity contribution in [2.75, 3.05) is 14.1 Å². The average molecular weight is 789 g/mol. The van der Waals surface area contributed by atoms with Gasteiger partial charge in [-0.15, -0.1) is 45.3 Å². The topological polar surface area (TPSA) is 83.8 Å². The fraction of sp³-hybridized carbons (Fsp3) is 0.444. The first kappa shape index (κ1) is 38.4. The molecule has 54 heavy (non-hydrogen) atoms. The van der Waals surface area contributed by atoms with Crippen LogP contribution in [-0.4, -0.2) is 24.6 Å². The summed E-state index contributed by atoms with van der Waals surface area (Å²) in [6.45, 7) is 8.37. The molecule has 4 aromatic rings. The van der Waals surface area contributed by atoms with Crippen molar-refractivity contribution in [3.8, 4) is 28.0 Å². The quantitative estimate of drug-likeness (QED) is 0.0938. The van der Waals surface area contributed by atoms with E-state index < -0.39 is 5.60 Å². The Kier molecular flexibility index (Phi) is 11.1. The zero-order chi connectivity index (χ0) is 38.2. The Balaban J connectivity index is 1.33. The van der Waals surface area contributed by atoms with Gasteiger partial charge in [0.1, 0.15) is 29.4 Å². The van der Waals surface area contributed by atoms with Gasteiger partial charge in [-0.1, -0.05) is 83.4 Å². The van der Waals surface area contributed by atoms with E-state index in [9.17, 15) is 15.8 Å². The van der Waals surface area contributed by atoms with Gasteiger partial charge in [0, 0.05) is 67.0 Å². The lowest BCUT2D eigenvalue weighted by Crippen LogP contribution is -2.25. The molecule has 9 heteroatoms. The summed E-state index contributed by atoms with van der Waals surface area (Å²) in [5, 5.41) is 29.2. The number of unbranched alkanes of at least 4 members (excludes halogenated alkanes) is 6. The highest BCUT2D eigenvalue weighted by molar-refractivity contribution is 7.35. The predicted molar refractivity (Wildman–Crippen MR) is 230 cm³/mol.